The normalized spacial score (nSPS) is 11.4. The minimum Gasteiger partial charge on any atom is -0.497 e. The summed E-state index contributed by atoms with van der Waals surface area (Å²) in [5.41, 5.74) is 5.79. The molecule has 7 nitrogen and oxygen atoms in total. The van der Waals surface area contributed by atoms with Crippen LogP contribution in [-0.2, 0) is 14.8 Å². The zero-order chi connectivity index (χ0) is 16.0. The van der Waals surface area contributed by atoms with Gasteiger partial charge in [-0.05, 0) is 26.0 Å². The first kappa shape index (κ1) is 17.3. The molecule has 0 saturated heterocycles. The molecule has 0 unspecified atom stereocenters. The Morgan fingerprint density at radius 2 is 2.05 bits per heavy atom. The van der Waals surface area contributed by atoms with Crippen molar-refractivity contribution in [3.63, 3.8) is 0 Å². The maximum atomic E-state index is 12.1. The molecule has 1 amide bonds. The van der Waals surface area contributed by atoms with Gasteiger partial charge < -0.3 is 15.8 Å². The summed E-state index contributed by atoms with van der Waals surface area (Å²) in [4.78, 5) is 11.4. The lowest BCUT2D eigenvalue weighted by Gasteiger charge is -2.11. The Kier molecular flexibility index (Phi) is 5.98. The zero-order valence-electron chi connectivity index (χ0n) is 12.3. The van der Waals surface area contributed by atoms with Gasteiger partial charge in [0, 0.05) is 25.1 Å². The lowest BCUT2D eigenvalue weighted by atomic mass is 10.3. The lowest BCUT2D eigenvalue weighted by Crippen LogP contribution is -2.34. The van der Waals surface area contributed by atoms with Crippen LogP contribution in [0.2, 0.25) is 0 Å². The van der Waals surface area contributed by atoms with Crippen LogP contribution in [0.5, 0.6) is 5.75 Å². The van der Waals surface area contributed by atoms with Crippen LogP contribution in [0.3, 0.4) is 0 Å². The Hall–Kier alpha value is -1.80. The van der Waals surface area contributed by atoms with E-state index in [4.69, 9.17) is 10.5 Å². The molecule has 0 aliphatic rings. The third kappa shape index (κ3) is 5.24. The molecule has 0 heterocycles. The molecular formula is C13H21N3O4S. The summed E-state index contributed by atoms with van der Waals surface area (Å²) in [5, 5.41) is 2.68. The minimum absolute atomic E-state index is 0.00631. The van der Waals surface area contributed by atoms with Crippen LogP contribution in [0.15, 0.2) is 23.1 Å². The molecule has 8 heteroatoms. The van der Waals surface area contributed by atoms with E-state index in [9.17, 15) is 13.2 Å². The molecule has 0 aromatic heterocycles. The highest BCUT2D eigenvalue weighted by atomic mass is 32.2. The smallest absolute Gasteiger partial charge is 0.242 e. The van der Waals surface area contributed by atoms with Gasteiger partial charge >= 0.3 is 0 Å². The number of sulfonamides is 1. The summed E-state index contributed by atoms with van der Waals surface area (Å²) < 4.78 is 31.5. The van der Waals surface area contributed by atoms with Crippen LogP contribution in [0.1, 0.15) is 20.3 Å². The van der Waals surface area contributed by atoms with Gasteiger partial charge in [-0.25, -0.2) is 13.1 Å². The number of hydrogen-bond acceptors (Lipinski definition) is 5. The Morgan fingerprint density at radius 3 is 2.57 bits per heavy atom. The number of nitrogen functional groups attached to an aromatic ring is 1. The van der Waals surface area contributed by atoms with Crippen molar-refractivity contribution in [3.05, 3.63) is 18.2 Å². The number of carbonyl (C=O) groups excluding carboxylic acids is 1. The second kappa shape index (κ2) is 7.28. The van der Waals surface area contributed by atoms with Gasteiger partial charge in [0.1, 0.15) is 10.6 Å². The first-order valence-electron chi connectivity index (χ1n) is 6.49. The fourth-order valence-electron chi connectivity index (χ4n) is 1.67. The van der Waals surface area contributed by atoms with E-state index in [0.29, 0.717) is 5.75 Å². The highest BCUT2D eigenvalue weighted by Gasteiger charge is 2.18. The van der Waals surface area contributed by atoms with E-state index in [1.807, 2.05) is 13.8 Å². The molecule has 0 spiro atoms. The molecule has 0 aliphatic carbocycles. The average Bonchev–Trinajstić information content (AvgIpc) is 2.36. The van der Waals surface area contributed by atoms with Crippen LogP contribution in [-0.4, -0.2) is 34.0 Å². The van der Waals surface area contributed by atoms with Gasteiger partial charge in [-0.2, -0.15) is 0 Å². The van der Waals surface area contributed by atoms with Gasteiger partial charge in [-0.15, -0.1) is 0 Å². The summed E-state index contributed by atoms with van der Waals surface area (Å²) in [6, 6.07) is 4.33. The number of anilines is 1. The summed E-state index contributed by atoms with van der Waals surface area (Å²) >= 11 is 0. The summed E-state index contributed by atoms with van der Waals surface area (Å²) in [6.45, 7) is 3.67. The second-order valence-corrected chi connectivity index (χ2v) is 6.51. The SMILES string of the molecule is COc1ccc(S(=O)(=O)NCCC(=O)NC(C)C)c(N)c1. The van der Waals surface area contributed by atoms with Crippen molar-refractivity contribution in [3.8, 4) is 5.75 Å². The van der Waals surface area contributed by atoms with Gasteiger partial charge in [0.15, 0.2) is 0 Å². The van der Waals surface area contributed by atoms with Crippen molar-refractivity contribution in [2.75, 3.05) is 19.4 Å². The molecule has 118 valence electrons. The van der Waals surface area contributed by atoms with Crippen molar-refractivity contribution < 1.29 is 17.9 Å². The molecule has 0 saturated carbocycles. The molecule has 1 rings (SSSR count). The maximum Gasteiger partial charge on any atom is 0.242 e. The van der Waals surface area contributed by atoms with E-state index in [2.05, 4.69) is 10.0 Å². The van der Waals surface area contributed by atoms with Crippen LogP contribution in [0, 0.1) is 0 Å². The number of hydrogen-bond donors (Lipinski definition) is 3. The Morgan fingerprint density at radius 1 is 1.38 bits per heavy atom. The van der Waals surface area contributed by atoms with Gasteiger partial charge in [0.05, 0.1) is 12.8 Å². The molecule has 4 N–H and O–H groups in total. The third-order valence-electron chi connectivity index (χ3n) is 2.60. The number of benzene rings is 1. The summed E-state index contributed by atoms with van der Waals surface area (Å²) in [7, 11) is -2.28. The van der Waals surface area contributed by atoms with Crippen molar-refractivity contribution in [1.29, 1.82) is 0 Å². The minimum atomic E-state index is -3.75. The number of rotatable bonds is 7. The summed E-state index contributed by atoms with van der Waals surface area (Å²) in [5.74, 6) is 0.262. The lowest BCUT2D eigenvalue weighted by molar-refractivity contribution is -0.121. The fraction of sp³-hybridized carbons (Fsp3) is 0.462. The zero-order valence-corrected chi connectivity index (χ0v) is 13.2. The summed E-state index contributed by atoms with van der Waals surface area (Å²) in [6.07, 6.45) is 0.0630. The second-order valence-electron chi connectivity index (χ2n) is 4.77. The van der Waals surface area contributed by atoms with Gasteiger partial charge in [-0.1, -0.05) is 0 Å². The van der Waals surface area contributed by atoms with Crippen LogP contribution in [0.4, 0.5) is 5.69 Å². The topological polar surface area (TPSA) is 111 Å². The van der Waals surface area contributed by atoms with E-state index in [-0.39, 0.29) is 35.5 Å². The molecule has 0 atom stereocenters. The van der Waals surface area contributed by atoms with Crippen LogP contribution >= 0.6 is 0 Å². The molecule has 0 aliphatic heterocycles. The number of ether oxygens (including phenoxy) is 1. The molecule has 1 aromatic rings. The third-order valence-corrected chi connectivity index (χ3v) is 4.14. The van der Waals surface area contributed by atoms with Gasteiger partial charge in [-0.3, -0.25) is 4.79 Å². The number of carbonyl (C=O) groups is 1. The van der Waals surface area contributed by atoms with Crippen molar-refractivity contribution in [2.45, 2.75) is 31.2 Å². The van der Waals surface area contributed by atoms with Crippen molar-refractivity contribution in [1.82, 2.24) is 10.0 Å². The first-order chi connectivity index (χ1) is 9.76. The predicted molar refractivity (Wildman–Crippen MR) is 80.5 cm³/mol. The molecule has 0 radical (unpaired) electrons. The largest absolute Gasteiger partial charge is 0.497 e. The van der Waals surface area contributed by atoms with Gasteiger partial charge in [0.25, 0.3) is 0 Å². The van der Waals surface area contributed by atoms with E-state index < -0.39 is 10.0 Å². The highest BCUT2D eigenvalue weighted by Crippen LogP contribution is 2.23. The number of amides is 1. The Balaban J connectivity index is 2.68. The monoisotopic (exact) mass is 315 g/mol. The molecule has 21 heavy (non-hydrogen) atoms. The van der Waals surface area contributed by atoms with E-state index in [1.54, 1.807) is 0 Å². The van der Waals surface area contributed by atoms with Crippen molar-refractivity contribution in [2.24, 2.45) is 0 Å². The van der Waals surface area contributed by atoms with E-state index in [1.165, 1.54) is 25.3 Å². The number of nitrogens with two attached hydrogens (primary N) is 1. The molecular weight excluding hydrogens is 294 g/mol. The predicted octanol–water partition coefficient (Wildman–Crippen LogP) is 0.470. The maximum absolute atomic E-state index is 12.1. The molecule has 0 fully saturated rings. The van der Waals surface area contributed by atoms with E-state index >= 15 is 0 Å². The highest BCUT2D eigenvalue weighted by molar-refractivity contribution is 7.89. The number of methoxy groups -OCH3 is 1. The van der Waals surface area contributed by atoms with Crippen LogP contribution in [0.25, 0.3) is 0 Å². The quantitative estimate of drug-likeness (QED) is 0.634. The molecule has 0 bridgehead atoms. The Bertz CT molecular complexity index is 599. The Labute approximate surface area is 124 Å². The van der Waals surface area contributed by atoms with Crippen molar-refractivity contribution >= 4 is 21.6 Å². The van der Waals surface area contributed by atoms with Gasteiger partial charge in [0.2, 0.25) is 15.9 Å². The first-order valence-corrected chi connectivity index (χ1v) is 7.97. The molecule has 1 aromatic carbocycles. The van der Waals surface area contributed by atoms with Crippen LogP contribution < -0.4 is 20.5 Å². The number of nitrogens with one attached hydrogen (secondary N) is 2. The fourth-order valence-corrected chi connectivity index (χ4v) is 2.81. The standard InChI is InChI=1S/C13H21N3O4S/c1-9(2)16-13(17)6-7-15-21(18,19)12-5-4-10(20-3)8-11(12)14/h4-5,8-9,15H,6-7,14H2,1-3H3,(H,16,17). The average molecular weight is 315 g/mol. The van der Waals surface area contributed by atoms with E-state index in [0.717, 1.165) is 0 Å².